The minimum atomic E-state index is 0.122. The van der Waals surface area contributed by atoms with Crippen LogP contribution >= 0.6 is 0 Å². The quantitative estimate of drug-likeness (QED) is 0.611. The number of nitrogens with one attached hydrogen (secondary N) is 1. The number of guanidine groups is 1. The van der Waals surface area contributed by atoms with E-state index in [1.807, 2.05) is 31.2 Å². The highest BCUT2D eigenvalue weighted by atomic mass is 16.5. The van der Waals surface area contributed by atoms with Crippen molar-refractivity contribution in [2.75, 3.05) is 13.2 Å². The molecule has 0 bridgehead atoms. The normalized spacial score (nSPS) is 13.4. The van der Waals surface area contributed by atoms with Crippen molar-refractivity contribution in [1.82, 2.24) is 5.32 Å². The van der Waals surface area contributed by atoms with Crippen LogP contribution in [0.25, 0.3) is 0 Å². The van der Waals surface area contributed by atoms with Crippen LogP contribution in [0.3, 0.4) is 0 Å². The summed E-state index contributed by atoms with van der Waals surface area (Å²) < 4.78 is 5.68. The van der Waals surface area contributed by atoms with Crippen molar-refractivity contribution in [2.24, 2.45) is 16.6 Å². The molecule has 19 heavy (non-hydrogen) atoms. The van der Waals surface area contributed by atoms with E-state index in [-0.39, 0.29) is 6.04 Å². The Morgan fingerprint density at radius 1 is 1.26 bits per heavy atom. The van der Waals surface area contributed by atoms with Gasteiger partial charge in [0.05, 0.1) is 6.04 Å². The number of rotatable bonds is 6. The first-order valence-electron chi connectivity index (χ1n) is 6.73. The Morgan fingerprint density at radius 3 is 2.47 bits per heavy atom. The molecule has 0 spiro atoms. The van der Waals surface area contributed by atoms with E-state index in [2.05, 4.69) is 31.1 Å². The number of ether oxygens (including phenoxy) is 1. The van der Waals surface area contributed by atoms with Crippen LogP contribution in [-0.4, -0.2) is 25.2 Å². The molecule has 4 heteroatoms. The summed E-state index contributed by atoms with van der Waals surface area (Å²) in [6, 6.07) is 8.13. The minimum absolute atomic E-state index is 0.122. The summed E-state index contributed by atoms with van der Waals surface area (Å²) in [6.45, 7) is 9.60. The van der Waals surface area contributed by atoms with Gasteiger partial charge >= 0.3 is 0 Å². The van der Waals surface area contributed by atoms with Gasteiger partial charge in [-0.15, -0.1) is 0 Å². The second-order valence-corrected chi connectivity index (χ2v) is 5.29. The first-order chi connectivity index (χ1) is 8.97. The molecule has 0 saturated carbocycles. The molecule has 1 aromatic carbocycles. The zero-order chi connectivity index (χ0) is 14.3. The first-order valence-corrected chi connectivity index (χ1v) is 6.73. The Labute approximate surface area is 116 Å². The standard InChI is InChI=1S/C15H25N3O/c1-11(2)9-17-15(16)18-13(4)10-19-14-7-5-12(3)6-8-14/h5-8,11,13H,9-10H2,1-4H3,(H3,16,17,18). The van der Waals surface area contributed by atoms with Gasteiger partial charge in [0.25, 0.3) is 0 Å². The van der Waals surface area contributed by atoms with E-state index in [4.69, 9.17) is 10.5 Å². The number of hydrogen-bond acceptors (Lipinski definition) is 2. The maximum Gasteiger partial charge on any atom is 0.188 e. The molecule has 1 rings (SSSR count). The highest BCUT2D eigenvalue weighted by Crippen LogP contribution is 2.11. The molecule has 0 fully saturated rings. The van der Waals surface area contributed by atoms with E-state index in [0.29, 0.717) is 18.5 Å². The number of benzene rings is 1. The number of aliphatic imine (C=N–C) groups is 1. The molecule has 106 valence electrons. The summed E-state index contributed by atoms with van der Waals surface area (Å²) in [6.07, 6.45) is 0. The second-order valence-electron chi connectivity index (χ2n) is 5.29. The molecular weight excluding hydrogens is 238 g/mol. The monoisotopic (exact) mass is 263 g/mol. The first kappa shape index (κ1) is 15.3. The van der Waals surface area contributed by atoms with Gasteiger partial charge in [0.15, 0.2) is 5.96 Å². The van der Waals surface area contributed by atoms with Crippen LogP contribution in [0.1, 0.15) is 26.3 Å². The lowest BCUT2D eigenvalue weighted by atomic mass is 10.2. The molecule has 0 radical (unpaired) electrons. The van der Waals surface area contributed by atoms with Gasteiger partial charge in [0, 0.05) is 6.54 Å². The van der Waals surface area contributed by atoms with Crippen molar-refractivity contribution in [1.29, 1.82) is 0 Å². The molecule has 3 N–H and O–H groups in total. The summed E-state index contributed by atoms with van der Waals surface area (Å²) in [5, 5.41) is 3.12. The summed E-state index contributed by atoms with van der Waals surface area (Å²) in [4.78, 5) is 4.26. The molecule has 0 aliphatic heterocycles. The summed E-state index contributed by atoms with van der Waals surface area (Å²) in [5.74, 6) is 1.87. The lowest BCUT2D eigenvalue weighted by Crippen LogP contribution is -2.41. The average Bonchev–Trinajstić information content (AvgIpc) is 2.36. The molecule has 1 aromatic rings. The molecule has 0 heterocycles. The van der Waals surface area contributed by atoms with E-state index in [1.165, 1.54) is 5.56 Å². The molecule has 0 amide bonds. The summed E-state index contributed by atoms with van der Waals surface area (Å²) in [5.41, 5.74) is 7.02. The predicted octanol–water partition coefficient (Wildman–Crippen LogP) is 2.32. The summed E-state index contributed by atoms with van der Waals surface area (Å²) in [7, 11) is 0. The lowest BCUT2D eigenvalue weighted by Gasteiger charge is -2.16. The third-order valence-electron chi connectivity index (χ3n) is 2.54. The van der Waals surface area contributed by atoms with Crippen LogP contribution in [0, 0.1) is 12.8 Å². The minimum Gasteiger partial charge on any atom is -0.491 e. The van der Waals surface area contributed by atoms with Gasteiger partial charge in [-0.25, -0.2) is 0 Å². The van der Waals surface area contributed by atoms with Crippen molar-refractivity contribution in [2.45, 2.75) is 33.7 Å². The summed E-state index contributed by atoms with van der Waals surface area (Å²) >= 11 is 0. The second kappa shape index (κ2) is 7.67. The Kier molecular flexibility index (Phi) is 6.19. The van der Waals surface area contributed by atoms with Crippen LogP contribution in [0.15, 0.2) is 29.3 Å². The molecular formula is C15H25N3O. The van der Waals surface area contributed by atoms with Gasteiger partial charge in [-0.05, 0) is 31.9 Å². The zero-order valence-corrected chi connectivity index (χ0v) is 12.3. The topological polar surface area (TPSA) is 59.6 Å². The lowest BCUT2D eigenvalue weighted by molar-refractivity contribution is 0.286. The molecule has 0 aliphatic carbocycles. The molecule has 1 atom stereocenters. The van der Waals surface area contributed by atoms with Crippen LogP contribution in [-0.2, 0) is 0 Å². The Bertz CT molecular complexity index is 398. The number of hydrogen-bond donors (Lipinski definition) is 2. The molecule has 0 aliphatic rings. The van der Waals surface area contributed by atoms with Crippen LogP contribution < -0.4 is 15.8 Å². The molecule has 0 aromatic heterocycles. The largest absolute Gasteiger partial charge is 0.491 e. The SMILES string of the molecule is Cc1ccc(OCC(C)NC(N)=NCC(C)C)cc1. The highest BCUT2D eigenvalue weighted by molar-refractivity contribution is 5.78. The third-order valence-corrected chi connectivity index (χ3v) is 2.54. The van der Waals surface area contributed by atoms with Gasteiger partial charge in [0.2, 0.25) is 0 Å². The zero-order valence-electron chi connectivity index (χ0n) is 12.3. The number of nitrogens with two attached hydrogens (primary N) is 1. The van der Waals surface area contributed by atoms with Gasteiger partial charge in [0.1, 0.15) is 12.4 Å². The predicted molar refractivity (Wildman–Crippen MR) is 80.6 cm³/mol. The Balaban J connectivity index is 2.33. The smallest absolute Gasteiger partial charge is 0.188 e. The fourth-order valence-electron chi connectivity index (χ4n) is 1.48. The van der Waals surface area contributed by atoms with Gasteiger partial charge < -0.3 is 15.8 Å². The highest BCUT2D eigenvalue weighted by Gasteiger charge is 2.04. The van der Waals surface area contributed by atoms with E-state index in [1.54, 1.807) is 0 Å². The van der Waals surface area contributed by atoms with Crippen LogP contribution in [0.2, 0.25) is 0 Å². The van der Waals surface area contributed by atoms with Crippen molar-refractivity contribution in [3.63, 3.8) is 0 Å². The van der Waals surface area contributed by atoms with Crippen molar-refractivity contribution >= 4 is 5.96 Å². The molecule has 0 saturated heterocycles. The number of aryl methyl sites for hydroxylation is 1. The average molecular weight is 263 g/mol. The third kappa shape index (κ3) is 6.70. The number of nitrogens with zero attached hydrogens (tertiary/aromatic N) is 1. The van der Waals surface area contributed by atoms with Crippen LogP contribution in [0.5, 0.6) is 5.75 Å². The maximum absolute atomic E-state index is 5.80. The van der Waals surface area contributed by atoms with Gasteiger partial charge in [-0.1, -0.05) is 31.5 Å². The Morgan fingerprint density at radius 2 is 1.89 bits per heavy atom. The molecule has 4 nitrogen and oxygen atoms in total. The van der Waals surface area contributed by atoms with Gasteiger partial charge in [-0.3, -0.25) is 4.99 Å². The fourth-order valence-corrected chi connectivity index (χ4v) is 1.48. The fraction of sp³-hybridized carbons (Fsp3) is 0.533. The van der Waals surface area contributed by atoms with Crippen molar-refractivity contribution in [3.05, 3.63) is 29.8 Å². The van der Waals surface area contributed by atoms with E-state index in [0.717, 1.165) is 12.3 Å². The van der Waals surface area contributed by atoms with E-state index >= 15 is 0 Å². The maximum atomic E-state index is 5.80. The van der Waals surface area contributed by atoms with Crippen LogP contribution in [0.4, 0.5) is 0 Å². The Hall–Kier alpha value is -1.71. The van der Waals surface area contributed by atoms with Crippen molar-refractivity contribution in [3.8, 4) is 5.75 Å². The van der Waals surface area contributed by atoms with E-state index < -0.39 is 0 Å². The van der Waals surface area contributed by atoms with Gasteiger partial charge in [-0.2, -0.15) is 0 Å². The van der Waals surface area contributed by atoms with Crippen molar-refractivity contribution < 1.29 is 4.74 Å². The molecule has 1 unspecified atom stereocenters. The van der Waals surface area contributed by atoms with E-state index in [9.17, 15) is 0 Å².